The number of phenolic OH excluding ortho intramolecular Hbond substituents is 2. The topological polar surface area (TPSA) is 163 Å². The van der Waals surface area contributed by atoms with E-state index in [1.807, 2.05) is 52.0 Å². The molecule has 2 aliphatic rings. The van der Waals surface area contributed by atoms with Crippen molar-refractivity contribution in [3.63, 3.8) is 0 Å². The summed E-state index contributed by atoms with van der Waals surface area (Å²) in [4.78, 5) is 36.0. The maximum absolute atomic E-state index is 12.1. The average molecular weight is 797 g/mol. The Morgan fingerprint density at radius 1 is 0.729 bits per heavy atom. The first-order valence-corrected chi connectivity index (χ1v) is 20.7. The van der Waals surface area contributed by atoms with Gasteiger partial charge in [0.05, 0.1) is 22.2 Å². The van der Waals surface area contributed by atoms with Gasteiger partial charge in [-0.2, -0.15) is 0 Å². The van der Waals surface area contributed by atoms with Crippen molar-refractivity contribution in [2.45, 2.75) is 65.9 Å². The molecule has 2 aromatic heterocycles. The molecule has 2 aliphatic heterocycles. The molecule has 0 bridgehead atoms. The number of aromatic hydroxyl groups is 2. The number of carbonyl (C=O) groups excluding carboxylic acids is 1. The summed E-state index contributed by atoms with van der Waals surface area (Å²) in [5.41, 5.74) is 10.7. The highest BCUT2D eigenvalue weighted by Gasteiger charge is 2.26. The van der Waals surface area contributed by atoms with E-state index in [4.69, 9.17) is 30.4 Å². The molecule has 0 aliphatic carbocycles. The molecular formula is C47H56N8O4. The van der Waals surface area contributed by atoms with Gasteiger partial charge in [-0.15, -0.1) is 0 Å². The Hall–Kier alpha value is -6.01. The third-order valence-corrected chi connectivity index (χ3v) is 10.9. The summed E-state index contributed by atoms with van der Waals surface area (Å²) in [6, 6.07) is 26.8. The number of phenols is 2. The lowest BCUT2D eigenvalue weighted by Crippen LogP contribution is -2.42. The molecular weight excluding hydrogens is 741 g/mol. The molecule has 8 rings (SSSR count). The summed E-state index contributed by atoms with van der Waals surface area (Å²) in [7, 11) is 0. The van der Waals surface area contributed by atoms with Crippen LogP contribution in [0.5, 0.6) is 11.5 Å². The molecule has 4 aromatic carbocycles. The number of benzene rings is 4. The van der Waals surface area contributed by atoms with Gasteiger partial charge in [0, 0.05) is 43.5 Å². The number of nitrogens with one attached hydrogen (secondary N) is 1. The molecule has 1 amide bonds. The number of amides is 1. The summed E-state index contributed by atoms with van der Waals surface area (Å²) in [5, 5.41) is 25.6. The monoisotopic (exact) mass is 796 g/mol. The van der Waals surface area contributed by atoms with Crippen LogP contribution in [0.3, 0.4) is 0 Å². The number of hydrogen-bond acceptors (Lipinski definition) is 11. The molecule has 6 aromatic rings. The summed E-state index contributed by atoms with van der Waals surface area (Å²) in [5.74, 6) is 4.01. The predicted octanol–water partition coefficient (Wildman–Crippen LogP) is 8.54. The van der Waals surface area contributed by atoms with E-state index in [-0.39, 0.29) is 23.5 Å². The van der Waals surface area contributed by atoms with Crippen LogP contribution in [0.1, 0.15) is 57.6 Å². The third kappa shape index (κ3) is 10.00. The highest BCUT2D eigenvalue weighted by Crippen LogP contribution is 2.35. The van der Waals surface area contributed by atoms with Gasteiger partial charge in [0.1, 0.15) is 28.7 Å². The number of aromatic nitrogens is 4. The number of piperidine rings is 2. The lowest BCUT2D eigenvalue weighted by molar-refractivity contribution is 0.0517. The SMILES string of the molecule is Cc1ccc2c(N3CCC[C@@H](CN)C3)nc(-c3ccccc3O)nc2c1.Cc1ccc2c(N3CCC[C@@H](CNC(=O)OC(C)(C)C)C3)nc(-c3ccccc3O)nc2c1. The smallest absolute Gasteiger partial charge is 0.407 e. The predicted molar refractivity (Wildman–Crippen MR) is 236 cm³/mol. The van der Waals surface area contributed by atoms with Crippen molar-refractivity contribution in [1.82, 2.24) is 25.3 Å². The number of alkyl carbamates (subject to hydrolysis) is 1. The van der Waals surface area contributed by atoms with E-state index in [9.17, 15) is 15.0 Å². The van der Waals surface area contributed by atoms with Crippen LogP contribution < -0.4 is 20.9 Å². The molecule has 2 saturated heterocycles. The van der Waals surface area contributed by atoms with Gasteiger partial charge in [-0.05, 0) is 138 Å². The van der Waals surface area contributed by atoms with E-state index < -0.39 is 5.60 Å². The Kier molecular flexibility index (Phi) is 12.5. The van der Waals surface area contributed by atoms with Gasteiger partial charge in [-0.25, -0.2) is 24.7 Å². The molecule has 0 radical (unpaired) electrons. The summed E-state index contributed by atoms with van der Waals surface area (Å²) >= 11 is 0. The fraction of sp³-hybridized carbons (Fsp3) is 0.383. The number of nitrogens with zero attached hydrogens (tertiary/aromatic N) is 6. The number of nitrogens with two attached hydrogens (primary N) is 1. The zero-order valence-corrected chi connectivity index (χ0v) is 34.8. The van der Waals surface area contributed by atoms with Crippen LogP contribution in [0.4, 0.5) is 16.4 Å². The quantitative estimate of drug-likeness (QED) is 0.122. The van der Waals surface area contributed by atoms with Crippen LogP contribution in [0, 0.1) is 25.7 Å². The van der Waals surface area contributed by atoms with Crippen LogP contribution >= 0.6 is 0 Å². The van der Waals surface area contributed by atoms with Crippen molar-refractivity contribution in [3.8, 4) is 34.3 Å². The lowest BCUT2D eigenvalue weighted by atomic mass is 9.97. The number of fused-ring (bicyclic) bond motifs is 2. The Bertz CT molecular complexity index is 2430. The fourth-order valence-corrected chi connectivity index (χ4v) is 7.91. The average Bonchev–Trinajstić information content (AvgIpc) is 3.22. The van der Waals surface area contributed by atoms with E-state index in [0.29, 0.717) is 41.8 Å². The molecule has 4 heterocycles. The van der Waals surface area contributed by atoms with E-state index in [1.165, 1.54) is 6.42 Å². The van der Waals surface area contributed by atoms with Gasteiger partial charge in [0.2, 0.25) is 0 Å². The van der Waals surface area contributed by atoms with Crippen molar-refractivity contribution in [2.75, 3.05) is 49.1 Å². The maximum Gasteiger partial charge on any atom is 0.407 e. The Balaban J connectivity index is 0.000000184. The highest BCUT2D eigenvalue weighted by molar-refractivity contribution is 5.93. The minimum absolute atomic E-state index is 0.161. The van der Waals surface area contributed by atoms with Gasteiger partial charge >= 0.3 is 6.09 Å². The van der Waals surface area contributed by atoms with Gasteiger partial charge < -0.3 is 35.8 Å². The summed E-state index contributed by atoms with van der Waals surface area (Å²) < 4.78 is 5.38. The van der Waals surface area contributed by atoms with Crippen molar-refractivity contribution in [3.05, 3.63) is 96.1 Å². The van der Waals surface area contributed by atoms with E-state index in [0.717, 1.165) is 90.0 Å². The zero-order valence-electron chi connectivity index (χ0n) is 34.8. The molecule has 0 unspecified atom stereocenters. The van der Waals surface area contributed by atoms with Crippen LogP contribution in [0.2, 0.25) is 0 Å². The lowest BCUT2D eigenvalue weighted by Gasteiger charge is -2.34. The van der Waals surface area contributed by atoms with Crippen LogP contribution in [-0.4, -0.2) is 81.1 Å². The molecule has 12 nitrogen and oxygen atoms in total. The van der Waals surface area contributed by atoms with Gasteiger partial charge in [0.25, 0.3) is 0 Å². The van der Waals surface area contributed by atoms with Crippen molar-refractivity contribution in [1.29, 1.82) is 0 Å². The van der Waals surface area contributed by atoms with E-state index in [2.05, 4.69) is 58.4 Å². The van der Waals surface area contributed by atoms with Crippen LogP contribution in [-0.2, 0) is 4.74 Å². The molecule has 0 saturated carbocycles. The minimum Gasteiger partial charge on any atom is -0.507 e. The van der Waals surface area contributed by atoms with Gasteiger partial charge in [0.15, 0.2) is 11.6 Å². The fourth-order valence-electron chi connectivity index (χ4n) is 7.91. The van der Waals surface area contributed by atoms with E-state index in [1.54, 1.807) is 24.3 Å². The number of carbonyl (C=O) groups is 1. The maximum atomic E-state index is 12.1. The second-order valence-electron chi connectivity index (χ2n) is 16.8. The first kappa shape index (κ1) is 41.2. The van der Waals surface area contributed by atoms with Crippen molar-refractivity contribution < 1.29 is 19.7 Å². The molecule has 0 spiro atoms. The molecule has 308 valence electrons. The largest absolute Gasteiger partial charge is 0.507 e. The number of ether oxygens (including phenoxy) is 1. The molecule has 12 heteroatoms. The van der Waals surface area contributed by atoms with Crippen LogP contribution in [0.25, 0.3) is 44.6 Å². The molecule has 2 atom stereocenters. The summed E-state index contributed by atoms with van der Waals surface area (Å²) in [6.07, 6.45) is 3.93. The number of aryl methyl sites for hydroxylation is 2. The number of hydrogen-bond donors (Lipinski definition) is 4. The summed E-state index contributed by atoms with van der Waals surface area (Å²) in [6.45, 7) is 14.5. The Morgan fingerprint density at radius 2 is 1.20 bits per heavy atom. The first-order chi connectivity index (χ1) is 28.3. The van der Waals surface area contributed by atoms with Crippen molar-refractivity contribution in [2.24, 2.45) is 17.6 Å². The van der Waals surface area contributed by atoms with Gasteiger partial charge in [-0.3, -0.25) is 0 Å². The standard InChI is InChI=1S/C26H32N4O3.C21H24N4O/c1-17-11-12-19-21(14-17)28-23(20-9-5-6-10-22(20)31)29-24(19)30-13-7-8-18(16-30)15-27-25(32)33-26(2,3)4;1-14-8-9-16-18(11-14)23-20(17-6-2-3-7-19(17)26)24-21(16)25-10-4-5-15(12-22)13-25/h5-6,9-12,14,18,31H,7-8,13,15-16H2,1-4H3,(H,27,32);2-3,6-9,11,15,26H,4-5,10,12-13,22H2,1H3/t18-;15-/m00/s1. The van der Waals surface area contributed by atoms with Gasteiger partial charge in [-0.1, -0.05) is 36.4 Å². The molecule has 59 heavy (non-hydrogen) atoms. The normalized spacial score (nSPS) is 17.1. The van der Waals surface area contributed by atoms with E-state index >= 15 is 0 Å². The Morgan fingerprint density at radius 3 is 1.68 bits per heavy atom. The minimum atomic E-state index is -0.514. The zero-order chi connectivity index (χ0) is 41.7. The first-order valence-electron chi connectivity index (χ1n) is 20.7. The van der Waals surface area contributed by atoms with Crippen molar-refractivity contribution >= 4 is 39.5 Å². The number of anilines is 2. The number of para-hydroxylation sites is 2. The number of rotatable bonds is 7. The molecule has 2 fully saturated rings. The third-order valence-electron chi connectivity index (χ3n) is 10.9. The second kappa shape index (κ2) is 17.9. The molecule has 5 N–H and O–H groups in total. The van der Waals surface area contributed by atoms with Crippen LogP contribution in [0.15, 0.2) is 84.9 Å². The Labute approximate surface area is 346 Å². The second-order valence-corrected chi connectivity index (χ2v) is 16.8. The highest BCUT2D eigenvalue weighted by atomic mass is 16.6.